The summed E-state index contributed by atoms with van der Waals surface area (Å²) in [7, 11) is 3.93. The summed E-state index contributed by atoms with van der Waals surface area (Å²) in [5.41, 5.74) is 1.51. The highest BCUT2D eigenvalue weighted by molar-refractivity contribution is 5.98. The Balaban J connectivity index is 1.83. The molecule has 7 nitrogen and oxygen atoms in total. The van der Waals surface area contributed by atoms with Crippen molar-refractivity contribution in [1.82, 2.24) is 18.9 Å². The summed E-state index contributed by atoms with van der Waals surface area (Å²) in [6, 6.07) is 7.11. The molecular weight excluding hydrogens is 306 g/mol. The van der Waals surface area contributed by atoms with Crippen molar-refractivity contribution < 1.29 is 9.69 Å². The predicted molar refractivity (Wildman–Crippen MR) is 90.5 cm³/mol. The normalized spacial score (nSPS) is 16.2. The van der Waals surface area contributed by atoms with E-state index in [-0.39, 0.29) is 11.5 Å². The molecule has 4 rings (SSSR count). The summed E-state index contributed by atoms with van der Waals surface area (Å²) in [6.07, 6.45) is 1.70. The predicted octanol–water partition coefficient (Wildman–Crippen LogP) is -0.843. The van der Waals surface area contributed by atoms with Crippen LogP contribution in [0, 0.1) is 0 Å². The molecule has 0 unspecified atom stereocenters. The number of piperazine rings is 1. The lowest BCUT2D eigenvalue weighted by molar-refractivity contribution is -0.883. The highest BCUT2D eigenvalue weighted by Gasteiger charge is 2.26. The molecule has 1 fully saturated rings. The van der Waals surface area contributed by atoms with E-state index in [1.807, 2.05) is 11.0 Å². The lowest BCUT2D eigenvalue weighted by Crippen LogP contribution is -3.12. The van der Waals surface area contributed by atoms with Gasteiger partial charge in [-0.15, -0.1) is 0 Å². The summed E-state index contributed by atoms with van der Waals surface area (Å²) < 4.78 is 3.24. The van der Waals surface area contributed by atoms with E-state index in [0.29, 0.717) is 22.4 Å². The number of likely N-dealkylation sites (N-methyl/N-ethyl adjacent to an activating group) is 1. The number of rotatable bonds is 1. The number of quaternary nitrogens is 1. The van der Waals surface area contributed by atoms with Crippen molar-refractivity contribution in [2.45, 2.75) is 0 Å². The molecule has 1 aliphatic heterocycles. The smallest absolute Gasteiger partial charge is 0.270 e. The summed E-state index contributed by atoms with van der Waals surface area (Å²) in [4.78, 5) is 33.4. The van der Waals surface area contributed by atoms with Crippen molar-refractivity contribution in [3.63, 3.8) is 0 Å². The van der Waals surface area contributed by atoms with Gasteiger partial charge in [-0.3, -0.25) is 14.0 Å². The Morgan fingerprint density at radius 1 is 1.25 bits per heavy atom. The van der Waals surface area contributed by atoms with Gasteiger partial charge >= 0.3 is 0 Å². The summed E-state index contributed by atoms with van der Waals surface area (Å²) in [5.74, 6) is -0.0311. The molecule has 0 bridgehead atoms. The van der Waals surface area contributed by atoms with E-state index in [1.54, 1.807) is 36.0 Å². The quantitative estimate of drug-likeness (QED) is 0.634. The number of aromatic nitrogens is 3. The highest BCUT2D eigenvalue weighted by atomic mass is 16.2. The molecule has 3 aromatic rings. The zero-order chi connectivity index (χ0) is 16.8. The fourth-order valence-electron chi connectivity index (χ4n) is 3.28. The third-order valence-electron chi connectivity index (χ3n) is 4.83. The van der Waals surface area contributed by atoms with Gasteiger partial charge in [0.15, 0.2) is 0 Å². The van der Waals surface area contributed by atoms with Crippen LogP contribution in [0.4, 0.5) is 0 Å². The van der Waals surface area contributed by atoms with Gasteiger partial charge in [0.05, 0.1) is 38.6 Å². The molecule has 0 atom stereocenters. The van der Waals surface area contributed by atoms with Gasteiger partial charge in [0.1, 0.15) is 17.0 Å². The second-order valence-electron chi connectivity index (χ2n) is 6.42. The van der Waals surface area contributed by atoms with E-state index in [2.05, 4.69) is 12.0 Å². The van der Waals surface area contributed by atoms with Gasteiger partial charge in [-0.1, -0.05) is 6.07 Å². The van der Waals surface area contributed by atoms with Crippen molar-refractivity contribution in [2.24, 2.45) is 7.05 Å². The number of fused-ring (bicyclic) bond motifs is 2. The SMILES string of the molecule is Cn1c(C(=O)N2CC[NH+](C)CC2)cc2c(=O)n3ccccc3nc21. The molecule has 0 radical (unpaired) electrons. The number of carbonyl (C=O) groups is 1. The van der Waals surface area contributed by atoms with Crippen molar-refractivity contribution in [2.75, 3.05) is 33.2 Å². The first-order valence-corrected chi connectivity index (χ1v) is 8.13. The lowest BCUT2D eigenvalue weighted by atomic mass is 10.2. The molecule has 1 N–H and O–H groups in total. The number of nitrogens with one attached hydrogen (secondary N) is 1. The number of amides is 1. The third-order valence-corrected chi connectivity index (χ3v) is 4.83. The van der Waals surface area contributed by atoms with Crippen LogP contribution in [0.25, 0.3) is 16.7 Å². The van der Waals surface area contributed by atoms with Crippen LogP contribution in [0.1, 0.15) is 10.5 Å². The molecule has 7 heteroatoms. The molecular formula is C17H20N5O2+. The first-order valence-electron chi connectivity index (χ1n) is 8.13. The lowest BCUT2D eigenvalue weighted by Gasteiger charge is -2.30. The van der Waals surface area contributed by atoms with E-state index in [4.69, 9.17) is 0 Å². The number of nitrogens with zero attached hydrogens (tertiary/aromatic N) is 4. The van der Waals surface area contributed by atoms with Crippen LogP contribution < -0.4 is 10.5 Å². The van der Waals surface area contributed by atoms with Gasteiger partial charge in [-0.2, -0.15) is 0 Å². The molecule has 4 heterocycles. The molecule has 1 amide bonds. The minimum absolute atomic E-state index is 0.0311. The van der Waals surface area contributed by atoms with Crippen LogP contribution in [0.2, 0.25) is 0 Å². The molecule has 24 heavy (non-hydrogen) atoms. The summed E-state index contributed by atoms with van der Waals surface area (Å²) in [6.45, 7) is 3.36. The fraction of sp³-hybridized carbons (Fsp3) is 0.353. The Morgan fingerprint density at radius 2 is 2.00 bits per heavy atom. The van der Waals surface area contributed by atoms with Gasteiger partial charge in [-0.25, -0.2) is 4.98 Å². The van der Waals surface area contributed by atoms with E-state index >= 15 is 0 Å². The molecule has 3 aromatic heterocycles. The monoisotopic (exact) mass is 326 g/mol. The van der Waals surface area contributed by atoms with Gasteiger partial charge in [0.2, 0.25) is 0 Å². The molecule has 124 valence electrons. The van der Waals surface area contributed by atoms with Crippen LogP contribution in [-0.4, -0.2) is 58.0 Å². The van der Waals surface area contributed by atoms with E-state index in [0.717, 1.165) is 26.2 Å². The van der Waals surface area contributed by atoms with Crippen molar-refractivity contribution in [3.8, 4) is 0 Å². The number of aryl methyl sites for hydroxylation is 1. The molecule has 0 saturated carbocycles. The average Bonchev–Trinajstić information content (AvgIpc) is 2.93. The average molecular weight is 326 g/mol. The highest BCUT2D eigenvalue weighted by Crippen LogP contribution is 2.16. The summed E-state index contributed by atoms with van der Waals surface area (Å²) >= 11 is 0. The van der Waals surface area contributed by atoms with Crippen LogP contribution in [0.5, 0.6) is 0 Å². The fourth-order valence-corrected chi connectivity index (χ4v) is 3.28. The summed E-state index contributed by atoms with van der Waals surface area (Å²) in [5, 5.41) is 0.476. The van der Waals surface area contributed by atoms with Crippen molar-refractivity contribution >= 4 is 22.6 Å². The molecule has 0 aliphatic carbocycles. The number of carbonyl (C=O) groups excluding carboxylic acids is 1. The number of hydrogen-bond donors (Lipinski definition) is 1. The van der Waals surface area contributed by atoms with E-state index in [1.165, 1.54) is 9.30 Å². The van der Waals surface area contributed by atoms with E-state index in [9.17, 15) is 9.59 Å². The number of hydrogen-bond acceptors (Lipinski definition) is 3. The minimum atomic E-state index is -0.145. The second-order valence-corrected chi connectivity index (χ2v) is 6.42. The maximum absolute atomic E-state index is 12.9. The molecule has 0 spiro atoms. The Labute approximate surface area is 138 Å². The van der Waals surface area contributed by atoms with Crippen LogP contribution in [0.15, 0.2) is 35.3 Å². The maximum Gasteiger partial charge on any atom is 0.270 e. The van der Waals surface area contributed by atoms with Crippen LogP contribution in [-0.2, 0) is 7.05 Å². The standard InChI is InChI=1S/C17H19N5O2/c1-19-7-9-21(10-8-19)17(24)13-11-12-15(20(13)2)18-14-5-3-4-6-22(14)16(12)23/h3-6,11H,7-10H2,1-2H3/p+1. The Morgan fingerprint density at radius 3 is 2.75 bits per heavy atom. The van der Waals surface area contributed by atoms with Crippen molar-refractivity contribution in [3.05, 3.63) is 46.5 Å². The molecule has 1 aliphatic rings. The topological polar surface area (TPSA) is 64.0 Å². The molecule has 0 aromatic carbocycles. The van der Waals surface area contributed by atoms with Crippen LogP contribution in [0.3, 0.4) is 0 Å². The van der Waals surface area contributed by atoms with Gasteiger partial charge in [-0.05, 0) is 18.2 Å². The second kappa shape index (κ2) is 5.45. The van der Waals surface area contributed by atoms with Gasteiger partial charge < -0.3 is 14.4 Å². The Kier molecular flexibility index (Phi) is 3.38. The first kappa shape index (κ1) is 14.9. The Bertz CT molecular complexity index is 995. The first-order chi connectivity index (χ1) is 11.6. The van der Waals surface area contributed by atoms with Gasteiger partial charge in [0, 0.05) is 13.2 Å². The molecule has 1 saturated heterocycles. The number of pyridine rings is 1. The zero-order valence-corrected chi connectivity index (χ0v) is 13.8. The van der Waals surface area contributed by atoms with Crippen molar-refractivity contribution in [1.29, 1.82) is 0 Å². The minimum Gasteiger partial charge on any atom is -0.334 e. The maximum atomic E-state index is 12.9. The van der Waals surface area contributed by atoms with Gasteiger partial charge in [0.25, 0.3) is 11.5 Å². The van der Waals surface area contributed by atoms with E-state index < -0.39 is 0 Å². The zero-order valence-electron chi connectivity index (χ0n) is 13.8. The Hall–Kier alpha value is -2.67. The largest absolute Gasteiger partial charge is 0.334 e. The third kappa shape index (κ3) is 2.20. The van der Waals surface area contributed by atoms with Crippen LogP contribution >= 0.6 is 0 Å².